The van der Waals surface area contributed by atoms with Gasteiger partial charge >= 0.3 is 0 Å². The first kappa shape index (κ1) is 14.4. The zero-order valence-corrected chi connectivity index (χ0v) is 11.4. The number of hydrogen-bond acceptors (Lipinski definition) is 3. The minimum Gasteiger partial charge on any atom is -0.483 e. The van der Waals surface area contributed by atoms with Crippen LogP contribution in [0.25, 0.3) is 0 Å². The van der Waals surface area contributed by atoms with Crippen molar-refractivity contribution in [1.82, 2.24) is 0 Å². The van der Waals surface area contributed by atoms with Gasteiger partial charge in [-0.1, -0.05) is 41.9 Å². The van der Waals surface area contributed by atoms with Crippen LogP contribution in [0.1, 0.15) is 5.56 Å². The zero-order valence-electron chi connectivity index (χ0n) is 10.7. The predicted octanol–water partition coefficient (Wildman–Crippen LogP) is 2.85. The molecule has 0 fully saturated rings. The number of anilines is 1. The number of rotatable bonds is 5. The summed E-state index contributed by atoms with van der Waals surface area (Å²) in [6.45, 7) is -0.287. The molecule has 0 aliphatic rings. The van der Waals surface area contributed by atoms with Gasteiger partial charge in [-0.3, -0.25) is 4.79 Å². The number of carbonyl (C=O) groups excluding carboxylic acids is 1. The highest BCUT2D eigenvalue weighted by Crippen LogP contribution is 2.21. The highest BCUT2D eigenvalue weighted by atomic mass is 35.5. The summed E-state index contributed by atoms with van der Waals surface area (Å²) in [5, 5.41) is 12.3. The average Bonchev–Trinajstić information content (AvgIpc) is 2.48. The maximum atomic E-state index is 11.8. The number of nitrogens with one attached hydrogen (secondary N) is 1. The van der Waals surface area contributed by atoms with Crippen molar-refractivity contribution in [2.45, 2.75) is 6.61 Å². The van der Waals surface area contributed by atoms with E-state index >= 15 is 0 Å². The van der Waals surface area contributed by atoms with E-state index in [0.717, 1.165) is 0 Å². The quantitative estimate of drug-likeness (QED) is 0.890. The second-order valence-corrected chi connectivity index (χ2v) is 4.49. The molecule has 2 N–H and O–H groups in total. The van der Waals surface area contributed by atoms with Crippen molar-refractivity contribution in [3.63, 3.8) is 0 Å². The summed E-state index contributed by atoms with van der Waals surface area (Å²) in [6.07, 6.45) is 0. The van der Waals surface area contributed by atoms with Gasteiger partial charge < -0.3 is 15.2 Å². The zero-order chi connectivity index (χ0) is 14.4. The molecule has 0 atom stereocenters. The van der Waals surface area contributed by atoms with E-state index in [1.807, 2.05) is 0 Å². The van der Waals surface area contributed by atoms with Gasteiger partial charge in [-0.2, -0.15) is 0 Å². The number of ether oxygens (including phenoxy) is 1. The topological polar surface area (TPSA) is 58.6 Å². The molecule has 0 spiro atoms. The lowest BCUT2D eigenvalue weighted by Gasteiger charge is -2.10. The first-order chi connectivity index (χ1) is 9.70. The van der Waals surface area contributed by atoms with E-state index in [4.69, 9.17) is 21.4 Å². The Morgan fingerprint density at radius 1 is 1.15 bits per heavy atom. The molecule has 4 nitrogen and oxygen atoms in total. The smallest absolute Gasteiger partial charge is 0.262 e. The third kappa shape index (κ3) is 3.73. The van der Waals surface area contributed by atoms with E-state index in [1.165, 1.54) is 0 Å². The summed E-state index contributed by atoms with van der Waals surface area (Å²) in [5.74, 6) is 0.176. The normalized spacial score (nSPS) is 10.1. The molecule has 0 bridgehead atoms. The van der Waals surface area contributed by atoms with Gasteiger partial charge in [0.25, 0.3) is 5.91 Å². The van der Waals surface area contributed by atoms with Gasteiger partial charge in [-0.25, -0.2) is 0 Å². The minimum atomic E-state index is -0.314. The van der Waals surface area contributed by atoms with Crippen molar-refractivity contribution < 1.29 is 14.6 Å². The number of para-hydroxylation sites is 2. The Morgan fingerprint density at radius 3 is 2.60 bits per heavy atom. The summed E-state index contributed by atoms with van der Waals surface area (Å²) in [4.78, 5) is 11.8. The fraction of sp³-hybridized carbons (Fsp3) is 0.133. The lowest BCUT2D eigenvalue weighted by molar-refractivity contribution is -0.118. The molecule has 1 amide bonds. The van der Waals surface area contributed by atoms with Gasteiger partial charge in [0.2, 0.25) is 0 Å². The number of hydrogen-bond donors (Lipinski definition) is 2. The summed E-state index contributed by atoms with van der Waals surface area (Å²) in [7, 11) is 0. The molecular formula is C15H14ClNO3. The molecule has 2 rings (SSSR count). The third-order valence-corrected chi connectivity index (χ3v) is 2.98. The second kappa shape index (κ2) is 6.93. The lowest BCUT2D eigenvalue weighted by atomic mass is 10.2. The minimum absolute atomic E-state index is 0.137. The molecular weight excluding hydrogens is 278 g/mol. The van der Waals surface area contributed by atoms with Gasteiger partial charge in [-0.15, -0.1) is 0 Å². The van der Waals surface area contributed by atoms with Crippen molar-refractivity contribution in [1.29, 1.82) is 0 Å². The first-order valence-corrected chi connectivity index (χ1v) is 6.44. The van der Waals surface area contributed by atoms with Crippen LogP contribution in [0.5, 0.6) is 5.75 Å². The van der Waals surface area contributed by atoms with Crippen LogP contribution in [0.3, 0.4) is 0 Å². The summed E-state index contributed by atoms with van der Waals surface area (Å²) in [6, 6.07) is 14.0. The van der Waals surface area contributed by atoms with Crippen LogP contribution in [0.2, 0.25) is 5.02 Å². The Labute approximate surface area is 122 Å². The van der Waals surface area contributed by atoms with Gasteiger partial charge in [-0.05, 0) is 18.2 Å². The van der Waals surface area contributed by atoms with E-state index in [-0.39, 0.29) is 19.1 Å². The summed E-state index contributed by atoms with van der Waals surface area (Å²) >= 11 is 5.94. The molecule has 0 saturated carbocycles. The maximum Gasteiger partial charge on any atom is 0.262 e. The molecule has 0 radical (unpaired) electrons. The Balaban J connectivity index is 1.94. The molecule has 5 heteroatoms. The van der Waals surface area contributed by atoms with Crippen LogP contribution in [0, 0.1) is 0 Å². The third-order valence-electron chi connectivity index (χ3n) is 2.65. The largest absolute Gasteiger partial charge is 0.483 e. The monoisotopic (exact) mass is 291 g/mol. The van der Waals surface area contributed by atoms with E-state index in [2.05, 4.69) is 5.32 Å². The number of aliphatic hydroxyl groups is 1. The van der Waals surface area contributed by atoms with Crippen LogP contribution >= 0.6 is 11.6 Å². The van der Waals surface area contributed by atoms with Crippen LogP contribution in [0.4, 0.5) is 5.69 Å². The molecule has 0 unspecified atom stereocenters. The molecule has 104 valence electrons. The van der Waals surface area contributed by atoms with Crippen LogP contribution < -0.4 is 10.1 Å². The second-order valence-electron chi connectivity index (χ2n) is 4.08. The molecule has 0 heterocycles. The fourth-order valence-electron chi connectivity index (χ4n) is 1.67. The van der Waals surface area contributed by atoms with E-state index in [0.29, 0.717) is 22.0 Å². The summed E-state index contributed by atoms with van der Waals surface area (Å²) in [5.41, 5.74) is 1.18. The van der Waals surface area contributed by atoms with Gasteiger partial charge in [0.1, 0.15) is 5.75 Å². The average molecular weight is 292 g/mol. The predicted molar refractivity (Wildman–Crippen MR) is 77.9 cm³/mol. The van der Waals surface area contributed by atoms with Crippen LogP contribution in [-0.4, -0.2) is 17.6 Å². The molecule has 0 aromatic heterocycles. The Bertz CT molecular complexity index is 601. The van der Waals surface area contributed by atoms with E-state index in [9.17, 15) is 4.79 Å². The highest BCUT2D eigenvalue weighted by Gasteiger charge is 2.08. The number of aliphatic hydroxyl groups excluding tert-OH is 1. The van der Waals surface area contributed by atoms with E-state index in [1.54, 1.807) is 48.5 Å². The number of amides is 1. The van der Waals surface area contributed by atoms with Crippen LogP contribution in [0.15, 0.2) is 48.5 Å². The van der Waals surface area contributed by atoms with Crippen LogP contribution in [-0.2, 0) is 11.4 Å². The van der Waals surface area contributed by atoms with Crippen molar-refractivity contribution >= 4 is 23.2 Å². The molecule has 20 heavy (non-hydrogen) atoms. The van der Waals surface area contributed by atoms with Crippen molar-refractivity contribution in [3.8, 4) is 5.75 Å². The van der Waals surface area contributed by atoms with E-state index < -0.39 is 0 Å². The Hall–Kier alpha value is -2.04. The maximum absolute atomic E-state index is 11.8. The van der Waals surface area contributed by atoms with Gasteiger partial charge in [0, 0.05) is 5.56 Å². The highest BCUT2D eigenvalue weighted by molar-refractivity contribution is 6.33. The Morgan fingerprint density at radius 2 is 1.85 bits per heavy atom. The van der Waals surface area contributed by atoms with Crippen molar-refractivity contribution in [3.05, 3.63) is 59.1 Å². The molecule has 0 aliphatic carbocycles. The number of carbonyl (C=O) groups is 1. The molecule has 0 saturated heterocycles. The van der Waals surface area contributed by atoms with Gasteiger partial charge in [0.15, 0.2) is 6.61 Å². The first-order valence-electron chi connectivity index (χ1n) is 6.06. The van der Waals surface area contributed by atoms with Gasteiger partial charge in [0.05, 0.1) is 17.3 Å². The van der Waals surface area contributed by atoms with Crippen molar-refractivity contribution in [2.75, 3.05) is 11.9 Å². The SMILES string of the molecule is O=C(COc1ccccc1CO)Nc1ccccc1Cl. The standard InChI is InChI=1S/C15H14ClNO3/c16-12-6-2-3-7-13(12)17-15(19)10-20-14-8-4-1-5-11(14)9-18/h1-8,18H,9-10H2,(H,17,19). The van der Waals surface area contributed by atoms with Crippen molar-refractivity contribution in [2.24, 2.45) is 0 Å². The molecule has 0 aliphatic heterocycles. The lowest BCUT2D eigenvalue weighted by Crippen LogP contribution is -2.20. The number of halogens is 1. The Kier molecular flexibility index (Phi) is 4.98. The molecule has 2 aromatic rings. The summed E-state index contributed by atoms with van der Waals surface area (Å²) < 4.78 is 5.39. The molecule has 2 aromatic carbocycles. The fourth-order valence-corrected chi connectivity index (χ4v) is 1.85. The number of benzene rings is 2.